The van der Waals surface area contributed by atoms with Crippen molar-refractivity contribution in [2.45, 2.75) is 26.5 Å². The van der Waals surface area contributed by atoms with Crippen LogP contribution in [0.15, 0.2) is 42.7 Å². The van der Waals surface area contributed by atoms with E-state index in [9.17, 15) is 5.11 Å². The molecule has 24 heavy (non-hydrogen) atoms. The number of ether oxygens (including phenoxy) is 1. The highest BCUT2D eigenvalue weighted by Gasteiger charge is 2.18. The predicted octanol–water partition coefficient (Wildman–Crippen LogP) is 3.18. The minimum Gasteiger partial charge on any atom is -0.491 e. The van der Waals surface area contributed by atoms with Crippen LogP contribution in [0.4, 0.5) is 0 Å². The molecule has 0 aliphatic rings. The summed E-state index contributed by atoms with van der Waals surface area (Å²) in [6, 6.07) is 11.5. The molecule has 0 radical (unpaired) electrons. The van der Waals surface area contributed by atoms with E-state index in [0.717, 1.165) is 11.0 Å². The first-order valence-electron chi connectivity index (χ1n) is 7.96. The topological polar surface area (TPSA) is 38.3 Å². The number of nitrogens with zero attached hydrogens (tertiary/aromatic N) is 2. The van der Waals surface area contributed by atoms with Crippen LogP contribution in [-0.4, -0.2) is 22.4 Å². The third-order valence-corrected chi connectivity index (χ3v) is 4.47. The van der Waals surface area contributed by atoms with E-state index in [0.29, 0.717) is 17.3 Å². The maximum absolute atomic E-state index is 10.3. The molecule has 0 aliphatic carbocycles. The zero-order valence-corrected chi connectivity index (χ0v) is 14.9. The van der Waals surface area contributed by atoms with Crippen molar-refractivity contribution >= 4 is 22.6 Å². The van der Waals surface area contributed by atoms with Gasteiger partial charge in [0.2, 0.25) is 6.33 Å². The van der Waals surface area contributed by atoms with Crippen LogP contribution in [0.3, 0.4) is 0 Å². The molecule has 0 aliphatic heterocycles. The van der Waals surface area contributed by atoms with Crippen LogP contribution < -0.4 is 9.30 Å². The van der Waals surface area contributed by atoms with Crippen LogP contribution in [0.5, 0.6) is 5.75 Å². The quantitative estimate of drug-likeness (QED) is 0.721. The second-order valence-electron chi connectivity index (χ2n) is 6.23. The van der Waals surface area contributed by atoms with E-state index in [1.807, 2.05) is 25.5 Å². The standard InChI is InChI=1S/C19H22ClN2O2/c1-13-7-18-19(8-14(13)2)22(12-21(18)3)10-16(23)11-24-17-6-4-5-15(20)9-17/h4-9,12,16,23H,10-11H2,1-3H3/q+1. The van der Waals surface area contributed by atoms with Crippen molar-refractivity contribution in [2.75, 3.05) is 6.61 Å². The number of imidazole rings is 1. The Hall–Kier alpha value is -2.04. The Morgan fingerprint density at radius 2 is 1.96 bits per heavy atom. The number of hydrogen-bond acceptors (Lipinski definition) is 2. The van der Waals surface area contributed by atoms with Crippen LogP contribution in [0.1, 0.15) is 11.1 Å². The number of aliphatic hydroxyl groups is 1. The summed E-state index contributed by atoms with van der Waals surface area (Å²) >= 11 is 5.94. The van der Waals surface area contributed by atoms with E-state index < -0.39 is 6.10 Å². The van der Waals surface area contributed by atoms with Gasteiger partial charge in [-0.3, -0.25) is 0 Å². The number of aryl methyl sites for hydroxylation is 3. The molecule has 1 unspecified atom stereocenters. The van der Waals surface area contributed by atoms with E-state index in [1.165, 1.54) is 11.1 Å². The Balaban J connectivity index is 1.73. The van der Waals surface area contributed by atoms with Crippen LogP contribution in [0, 0.1) is 13.8 Å². The third kappa shape index (κ3) is 3.55. The maximum atomic E-state index is 10.3. The Labute approximate surface area is 146 Å². The normalized spacial score (nSPS) is 12.5. The van der Waals surface area contributed by atoms with Gasteiger partial charge in [-0.1, -0.05) is 17.7 Å². The maximum Gasteiger partial charge on any atom is 0.244 e. The Morgan fingerprint density at radius 3 is 2.71 bits per heavy atom. The monoisotopic (exact) mass is 345 g/mol. The number of hydrogen-bond donors (Lipinski definition) is 1. The van der Waals surface area contributed by atoms with Gasteiger partial charge >= 0.3 is 0 Å². The third-order valence-electron chi connectivity index (χ3n) is 4.24. The zero-order chi connectivity index (χ0) is 17.3. The van der Waals surface area contributed by atoms with Crippen molar-refractivity contribution in [3.8, 4) is 5.75 Å². The SMILES string of the molecule is Cc1cc2c(cc1C)[n+](C)cn2CC(O)COc1cccc(Cl)c1. The number of aliphatic hydroxyl groups excluding tert-OH is 1. The molecule has 0 amide bonds. The number of halogens is 1. The van der Waals surface area contributed by atoms with E-state index in [-0.39, 0.29) is 6.61 Å². The predicted molar refractivity (Wildman–Crippen MR) is 95.5 cm³/mol. The number of fused-ring (bicyclic) bond motifs is 1. The van der Waals surface area contributed by atoms with Gasteiger partial charge in [-0.25, -0.2) is 9.13 Å². The largest absolute Gasteiger partial charge is 0.491 e. The lowest BCUT2D eigenvalue weighted by Crippen LogP contribution is -2.27. The summed E-state index contributed by atoms with van der Waals surface area (Å²) in [7, 11) is 2.02. The fourth-order valence-electron chi connectivity index (χ4n) is 2.81. The molecule has 1 N–H and O–H groups in total. The van der Waals surface area contributed by atoms with E-state index in [4.69, 9.17) is 16.3 Å². The highest BCUT2D eigenvalue weighted by molar-refractivity contribution is 6.30. The highest BCUT2D eigenvalue weighted by Crippen LogP contribution is 2.19. The molecule has 1 aromatic heterocycles. The summed E-state index contributed by atoms with van der Waals surface area (Å²) in [5.41, 5.74) is 4.77. The molecule has 1 heterocycles. The molecule has 0 bridgehead atoms. The second-order valence-corrected chi connectivity index (χ2v) is 6.66. The average Bonchev–Trinajstić information content (AvgIpc) is 2.82. The van der Waals surface area contributed by atoms with Gasteiger partial charge in [0.15, 0.2) is 11.0 Å². The fourth-order valence-corrected chi connectivity index (χ4v) is 2.99. The molecule has 4 nitrogen and oxygen atoms in total. The first kappa shape index (κ1) is 16.8. The van der Waals surface area contributed by atoms with Crippen molar-refractivity contribution in [1.82, 2.24) is 4.57 Å². The van der Waals surface area contributed by atoms with Gasteiger partial charge < -0.3 is 9.84 Å². The van der Waals surface area contributed by atoms with E-state index >= 15 is 0 Å². The molecule has 126 valence electrons. The van der Waals surface area contributed by atoms with Crippen molar-refractivity contribution < 1.29 is 14.4 Å². The van der Waals surface area contributed by atoms with Gasteiger partial charge in [0.1, 0.15) is 25.0 Å². The summed E-state index contributed by atoms with van der Waals surface area (Å²) in [5, 5.41) is 11.0. The van der Waals surface area contributed by atoms with Crippen LogP contribution in [-0.2, 0) is 13.6 Å². The molecular weight excluding hydrogens is 324 g/mol. The summed E-state index contributed by atoms with van der Waals surface area (Å²) in [6.45, 7) is 4.90. The smallest absolute Gasteiger partial charge is 0.244 e. The van der Waals surface area contributed by atoms with Crippen LogP contribution >= 0.6 is 11.6 Å². The first-order chi connectivity index (χ1) is 11.4. The first-order valence-corrected chi connectivity index (χ1v) is 8.34. The molecule has 5 heteroatoms. The minimum absolute atomic E-state index is 0.217. The summed E-state index contributed by atoms with van der Waals surface area (Å²) in [4.78, 5) is 0. The van der Waals surface area contributed by atoms with Gasteiger partial charge in [-0.2, -0.15) is 0 Å². The van der Waals surface area contributed by atoms with Crippen molar-refractivity contribution in [2.24, 2.45) is 7.05 Å². The van der Waals surface area contributed by atoms with Gasteiger partial charge in [-0.15, -0.1) is 0 Å². The number of rotatable bonds is 5. The molecule has 1 atom stereocenters. The van der Waals surface area contributed by atoms with Gasteiger partial charge in [-0.05, 0) is 55.3 Å². The molecule has 0 fully saturated rings. The van der Waals surface area contributed by atoms with Crippen molar-refractivity contribution in [1.29, 1.82) is 0 Å². The van der Waals surface area contributed by atoms with E-state index in [2.05, 4.69) is 35.1 Å². The highest BCUT2D eigenvalue weighted by atomic mass is 35.5. The molecular formula is C19H22ClN2O2+. The Morgan fingerprint density at radius 1 is 1.21 bits per heavy atom. The second kappa shape index (κ2) is 6.83. The molecule has 3 rings (SSSR count). The summed E-state index contributed by atoms with van der Waals surface area (Å²) < 4.78 is 9.77. The van der Waals surface area contributed by atoms with Gasteiger partial charge in [0.05, 0.1) is 7.05 Å². The van der Waals surface area contributed by atoms with Crippen molar-refractivity contribution in [3.63, 3.8) is 0 Å². The molecule has 2 aromatic carbocycles. The van der Waals surface area contributed by atoms with Gasteiger partial charge in [0.25, 0.3) is 0 Å². The Kier molecular flexibility index (Phi) is 4.78. The lowest BCUT2D eigenvalue weighted by Gasteiger charge is -2.11. The fraction of sp³-hybridized carbons (Fsp3) is 0.316. The van der Waals surface area contributed by atoms with Crippen LogP contribution in [0.2, 0.25) is 5.02 Å². The number of benzene rings is 2. The summed E-state index contributed by atoms with van der Waals surface area (Å²) in [6.07, 6.45) is 1.40. The minimum atomic E-state index is -0.610. The molecule has 0 saturated carbocycles. The summed E-state index contributed by atoms with van der Waals surface area (Å²) in [5.74, 6) is 0.663. The Bertz CT molecular complexity index is 873. The number of aromatic nitrogens is 2. The average molecular weight is 346 g/mol. The van der Waals surface area contributed by atoms with Gasteiger partial charge in [0, 0.05) is 5.02 Å². The molecule has 3 aromatic rings. The molecule has 0 spiro atoms. The van der Waals surface area contributed by atoms with Crippen molar-refractivity contribution in [3.05, 3.63) is 58.9 Å². The lowest BCUT2D eigenvalue weighted by atomic mass is 10.1. The lowest BCUT2D eigenvalue weighted by molar-refractivity contribution is -0.645. The van der Waals surface area contributed by atoms with Crippen LogP contribution in [0.25, 0.3) is 11.0 Å². The molecule has 0 saturated heterocycles. The van der Waals surface area contributed by atoms with E-state index in [1.54, 1.807) is 12.1 Å². The zero-order valence-electron chi connectivity index (χ0n) is 14.2.